The average Bonchev–Trinajstić information content (AvgIpc) is 2.37. The van der Waals surface area contributed by atoms with Crippen LogP contribution in [0.25, 0.3) is 0 Å². The van der Waals surface area contributed by atoms with Crippen molar-refractivity contribution in [2.75, 3.05) is 18.0 Å². The summed E-state index contributed by atoms with van der Waals surface area (Å²) in [5.74, 6) is 0. The summed E-state index contributed by atoms with van der Waals surface area (Å²) >= 11 is 3.51. The molecule has 1 aliphatic heterocycles. The van der Waals surface area contributed by atoms with E-state index in [1.807, 2.05) is 4.90 Å². The lowest BCUT2D eigenvalue weighted by molar-refractivity contribution is -0.0436. The summed E-state index contributed by atoms with van der Waals surface area (Å²) in [6.45, 7) is 1.57. The van der Waals surface area contributed by atoms with Gasteiger partial charge in [-0.1, -0.05) is 15.9 Å². The maximum absolute atomic E-state index is 12.4. The van der Waals surface area contributed by atoms with E-state index in [0.29, 0.717) is 4.83 Å². The van der Waals surface area contributed by atoms with Crippen LogP contribution in [0.5, 0.6) is 0 Å². The number of hydrogen-bond acceptors (Lipinski definition) is 3. The summed E-state index contributed by atoms with van der Waals surface area (Å²) < 4.78 is 59.8. The molecule has 0 spiro atoms. The Balaban J connectivity index is 2.23. The SMILES string of the molecule is O=S(=O)(c1ccc(N2CCCC(Br)C2)cc1)C(F)(F)F. The van der Waals surface area contributed by atoms with Crippen molar-refractivity contribution in [1.82, 2.24) is 0 Å². The molecule has 2 rings (SSSR count). The molecule has 1 aromatic carbocycles. The smallest absolute Gasteiger partial charge is 0.370 e. The lowest BCUT2D eigenvalue weighted by Crippen LogP contribution is -2.35. The molecule has 0 N–H and O–H groups in total. The molecule has 20 heavy (non-hydrogen) atoms. The molecule has 1 aromatic rings. The highest BCUT2D eigenvalue weighted by molar-refractivity contribution is 9.09. The third-order valence-electron chi connectivity index (χ3n) is 3.18. The molecule has 112 valence electrons. The molecule has 1 aliphatic rings. The highest BCUT2D eigenvalue weighted by Crippen LogP contribution is 2.31. The minimum absolute atomic E-state index is 0.342. The van der Waals surface area contributed by atoms with Crippen LogP contribution in [0.1, 0.15) is 12.8 Å². The Morgan fingerprint density at radius 1 is 1.20 bits per heavy atom. The Morgan fingerprint density at radius 2 is 1.80 bits per heavy atom. The summed E-state index contributed by atoms with van der Waals surface area (Å²) in [7, 11) is -5.26. The molecule has 0 amide bonds. The van der Waals surface area contributed by atoms with Crippen molar-refractivity contribution in [2.24, 2.45) is 0 Å². The van der Waals surface area contributed by atoms with Gasteiger partial charge >= 0.3 is 5.51 Å². The first-order valence-electron chi connectivity index (χ1n) is 6.02. The fraction of sp³-hybridized carbons (Fsp3) is 0.500. The molecule has 1 heterocycles. The van der Waals surface area contributed by atoms with E-state index >= 15 is 0 Å². The molecule has 0 aromatic heterocycles. The van der Waals surface area contributed by atoms with Gasteiger partial charge in [0.1, 0.15) is 0 Å². The van der Waals surface area contributed by atoms with Crippen LogP contribution in [0.2, 0.25) is 0 Å². The van der Waals surface area contributed by atoms with Crippen LogP contribution in [0, 0.1) is 0 Å². The lowest BCUT2D eigenvalue weighted by atomic mass is 10.1. The molecule has 0 bridgehead atoms. The van der Waals surface area contributed by atoms with Gasteiger partial charge in [0.2, 0.25) is 0 Å². The zero-order chi connectivity index (χ0) is 15.0. The van der Waals surface area contributed by atoms with Crippen LogP contribution in [-0.2, 0) is 9.84 Å². The second kappa shape index (κ2) is 5.55. The number of rotatable bonds is 2. The van der Waals surface area contributed by atoms with Gasteiger partial charge in [0.25, 0.3) is 9.84 Å². The summed E-state index contributed by atoms with van der Waals surface area (Å²) in [5.41, 5.74) is -4.53. The predicted octanol–water partition coefficient (Wildman–Crippen LogP) is 3.34. The Labute approximate surface area is 123 Å². The summed E-state index contributed by atoms with van der Waals surface area (Å²) in [6, 6.07) is 4.86. The molecular weight excluding hydrogens is 359 g/mol. The Hall–Kier alpha value is -0.760. The van der Waals surface area contributed by atoms with E-state index in [4.69, 9.17) is 0 Å². The Kier molecular flexibility index (Phi) is 4.34. The minimum atomic E-state index is -5.26. The lowest BCUT2D eigenvalue weighted by Gasteiger charge is -2.32. The van der Waals surface area contributed by atoms with E-state index in [-0.39, 0.29) is 0 Å². The highest BCUT2D eigenvalue weighted by atomic mass is 79.9. The molecule has 0 radical (unpaired) electrons. The van der Waals surface area contributed by atoms with Crippen molar-refractivity contribution in [2.45, 2.75) is 28.1 Å². The maximum Gasteiger partial charge on any atom is 0.501 e. The zero-order valence-corrected chi connectivity index (χ0v) is 12.8. The average molecular weight is 372 g/mol. The second-order valence-corrected chi connectivity index (χ2v) is 7.86. The topological polar surface area (TPSA) is 37.4 Å². The second-order valence-electron chi connectivity index (χ2n) is 4.63. The van der Waals surface area contributed by atoms with Crippen LogP contribution in [0.3, 0.4) is 0 Å². The standard InChI is InChI=1S/C12H13BrF3NO2S/c13-9-2-1-7-17(8-9)10-3-5-11(6-4-10)20(18,19)12(14,15)16/h3-6,9H,1-2,7-8H2. The van der Waals surface area contributed by atoms with Gasteiger partial charge in [-0.05, 0) is 37.1 Å². The van der Waals surface area contributed by atoms with E-state index in [1.165, 1.54) is 12.1 Å². The summed E-state index contributed by atoms with van der Waals surface area (Å²) in [4.78, 5) is 1.64. The number of sulfone groups is 1. The van der Waals surface area contributed by atoms with Crippen molar-refractivity contribution in [3.8, 4) is 0 Å². The molecule has 1 fully saturated rings. The number of alkyl halides is 4. The number of halogens is 4. The number of piperidine rings is 1. The molecule has 0 aliphatic carbocycles. The van der Waals surface area contributed by atoms with Gasteiger partial charge in [0, 0.05) is 23.6 Å². The Morgan fingerprint density at radius 3 is 2.30 bits per heavy atom. The predicted molar refractivity (Wildman–Crippen MR) is 73.8 cm³/mol. The van der Waals surface area contributed by atoms with Gasteiger partial charge < -0.3 is 4.90 Å². The first kappa shape index (κ1) is 15.6. The first-order valence-corrected chi connectivity index (χ1v) is 8.42. The molecule has 1 saturated heterocycles. The van der Waals surface area contributed by atoms with E-state index in [1.54, 1.807) is 0 Å². The van der Waals surface area contributed by atoms with Gasteiger partial charge in [-0.3, -0.25) is 0 Å². The first-order chi connectivity index (χ1) is 9.22. The van der Waals surface area contributed by atoms with Gasteiger partial charge in [0.05, 0.1) is 4.90 Å². The number of hydrogen-bond donors (Lipinski definition) is 0. The molecule has 1 unspecified atom stereocenters. The summed E-state index contributed by atoms with van der Waals surface area (Å²) in [5, 5.41) is 0. The largest absolute Gasteiger partial charge is 0.501 e. The van der Waals surface area contributed by atoms with Crippen LogP contribution >= 0.6 is 15.9 Å². The number of benzene rings is 1. The van der Waals surface area contributed by atoms with Crippen LogP contribution in [0.15, 0.2) is 29.2 Å². The van der Waals surface area contributed by atoms with Gasteiger partial charge in [-0.2, -0.15) is 13.2 Å². The normalized spacial score (nSPS) is 21.0. The van der Waals surface area contributed by atoms with E-state index in [2.05, 4.69) is 15.9 Å². The third kappa shape index (κ3) is 3.11. The minimum Gasteiger partial charge on any atom is -0.370 e. The van der Waals surface area contributed by atoms with Crippen LogP contribution in [-0.4, -0.2) is 31.8 Å². The van der Waals surface area contributed by atoms with Crippen molar-refractivity contribution in [3.05, 3.63) is 24.3 Å². The molecule has 8 heteroatoms. The molecule has 1 atom stereocenters. The zero-order valence-electron chi connectivity index (χ0n) is 10.4. The van der Waals surface area contributed by atoms with E-state index < -0.39 is 20.2 Å². The highest BCUT2D eigenvalue weighted by Gasteiger charge is 2.46. The molecule has 0 saturated carbocycles. The number of anilines is 1. The molecule has 3 nitrogen and oxygen atoms in total. The quantitative estimate of drug-likeness (QED) is 0.748. The van der Waals surface area contributed by atoms with Crippen molar-refractivity contribution in [3.63, 3.8) is 0 Å². The van der Waals surface area contributed by atoms with Gasteiger partial charge in [0.15, 0.2) is 0 Å². The van der Waals surface area contributed by atoms with E-state index in [9.17, 15) is 21.6 Å². The number of nitrogens with zero attached hydrogens (tertiary/aromatic N) is 1. The Bertz CT molecular complexity index is 571. The van der Waals surface area contributed by atoms with Crippen LogP contribution in [0.4, 0.5) is 18.9 Å². The van der Waals surface area contributed by atoms with Gasteiger partial charge in [-0.25, -0.2) is 8.42 Å². The van der Waals surface area contributed by atoms with Gasteiger partial charge in [-0.15, -0.1) is 0 Å². The fourth-order valence-electron chi connectivity index (χ4n) is 2.13. The van der Waals surface area contributed by atoms with E-state index in [0.717, 1.165) is 43.8 Å². The van der Waals surface area contributed by atoms with Crippen LogP contribution < -0.4 is 4.90 Å². The van der Waals surface area contributed by atoms with Crippen molar-refractivity contribution >= 4 is 31.5 Å². The van der Waals surface area contributed by atoms with Crippen molar-refractivity contribution < 1.29 is 21.6 Å². The molecular formula is C12H13BrF3NO2S. The maximum atomic E-state index is 12.4. The monoisotopic (exact) mass is 371 g/mol. The fourth-order valence-corrected chi connectivity index (χ4v) is 3.56. The third-order valence-corrected chi connectivity index (χ3v) is 5.43. The summed E-state index contributed by atoms with van der Waals surface area (Å²) in [6.07, 6.45) is 2.04. The van der Waals surface area contributed by atoms with Crippen molar-refractivity contribution in [1.29, 1.82) is 0 Å².